The van der Waals surface area contributed by atoms with Crippen LogP contribution in [0, 0.1) is 0 Å². The van der Waals surface area contributed by atoms with Gasteiger partial charge in [-0.3, -0.25) is 4.79 Å². The molecule has 1 amide bonds. The molecule has 2 heterocycles. The SMILES string of the molecule is O=C(CSC1CCNCC1)Nc1ccc2c(c1)OCCO2. The van der Waals surface area contributed by atoms with Crippen molar-refractivity contribution in [2.75, 3.05) is 37.4 Å². The van der Waals surface area contributed by atoms with Gasteiger partial charge in [0.25, 0.3) is 0 Å². The molecule has 0 saturated carbocycles. The Labute approximate surface area is 128 Å². The van der Waals surface area contributed by atoms with Gasteiger partial charge in [-0.25, -0.2) is 0 Å². The summed E-state index contributed by atoms with van der Waals surface area (Å²) in [5, 5.41) is 6.85. The minimum atomic E-state index is 0.0372. The smallest absolute Gasteiger partial charge is 0.234 e. The highest BCUT2D eigenvalue weighted by Crippen LogP contribution is 2.32. The molecule has 0 atom stereocenters. The number of amides is 1. The first-order valence-corrected chi connectivity index (χ1v) is 8.38. The van der Waals surface area contributed by atoms with Gasteiger partial charge in [-0.2, -0.15) is 0 Å². The zero-order chi connectivity index (χ0) is 14.5. The van der Waals surface area contributed by atoms with Gasteiger partial charge in [-0.1, -0.05) is 0 Å². The van der Waals surface area contributed by atoms with Gasteiger partial charge in [0.05, 0.1) is 5.75 Å². The van der Waals surface area contributed by atoms with Crippen LogP contribution in [0.2, 0.25) is 0 Å². The molecule has 21 heavy (non-hydrogen) atoms. The summed E-state index contributed by atoms with van der Waals surface area (Å²) in [6, 6.07) is 5.51. The summed E-state index contributed by atoms with van der Waals surface area (Å²) in [4.78, 5) is 12.0. The molecule has 2 N–H and O–H groups in total. The first kappa shape index (κ1) is 14.5. The van der Waals surface area contributed by atoms with Crippen molar-refractivity contribution in [2.45, 2.75) is 18.1 Å². The summed E-state index contributed by atoms with van der Waals surface area (Å²) >= 11 is 1.75. The van der Waals surface area contributed by atoms with Crippen LogP contribution in [0.1, 0.15) is 12.8 Å². The average molecular weight is 308 g/mol. The van der Waals surface area contributed by atoms with Crippen LogP contribution in [0.5, 0.6) is 11.5 Å². The van der Waals surface area contributed by atoms with E-state index >= 15 is 0 Å². The van der Waals surface area contributed by atoms with E-state index in [9.17, 15) is 4.79 Å². The number of benzene rings is 1. The molecule has 0 bridgehead atoms. The predicted octanol–water partition coefficient (Wildman–Crippen LogP) is 1.88. The van der Waals surface area contributed by atoms with E-state index in [1.165, 1.54) is 0 Å². The number of anilines is 1. The number of hydrogen-bond acceptors (Lipinski definition) is 5. The Hall–Kier alpha value is -1.40. The Bertz CT molecular complexity index is 504. The van der Waals surface area contributed by atoms with Gasteiger partial charge in [-0.05, 0) is 38.1 Å². The fraction of sp³-hybridized carbons (Fsp3) is 0.533. The van der Waals surface area contributed by atoms with Crippen LogP contribution in [0.4, 0.5) is 5.69 Å². The predicted molar refractivity (Wildman–Crippen MR) is 84.4 cm³/mol. The number of piperidine rings is 1. The van der Waals surface area contributed by atoms with Crippen LogP contribution in [0.15, 0.2) is 18.2 Å². The van der Waals surface area contributed by atoms with Crippen LogP contribution in [0.3, 0.4) is 0 Å². The monoisotopic (exact) mass is 308 g/mol. The molecule has 1 aromatic carbocycles. The van der Waals surface area contributed by atoms with Gasteiger partial charge in [0, 0.05) is 17.0 Å². The van der Waals surface area contributed by atoms with E-state index in [0.29, 0.717) is 30.0 Å². The Morgan fingerprint density at radius 3 is 2.81 bits per heavy atom. The van der Waals surface area contributed by atoms with E-state index < -0.39 is 0 Å². The maximum atomic E-state index is 12.0. The lowest BCUT2D eigenvalue weighted by molar-refractivity contribution is -0.113. The normalized spacial score (nSPS) is 18.3. The van der Waals surface area contributed by atoms with Crippen molar-refractivity contribution >= 4 is 23.4 Å². The van der Waals surface area contributed by atoms with Gasteiger partial charge >= 0.3 is 0 Å². The fourth-order valence-electron chi connectivity index (χ4n) is 2.47. The van der Waals surface area contributed by atoms with E-state index in [4.69, 9.17) is 9.47 Å². The fourth-order valence-corrected chi connectivity index (χ4v) is 3.50. The van der Waals surface area contributed by atoms with Gasteiger partial charge in [0.15, 0.2) is 11.5 Å². The molecule has 2 aliphatic heterocycles. The molecule has 0 radical (unpaired) electrons. The summed E-state index contributed by atoms with van der Waals surface area (Å²) in [7, 11) is 0. The van der Waals surface area contributed by atoms with E-state index in [2.05, 4.69) is 10.6 Å². The number of rotatable bonds is 4. The Balaban J connectivity index is 1.50. The van der Waals surface area contributed by atoms with Crippen molar-refractivity contribution in [1.82, 2.24) is 5.32 Å². The summed E-state index contributed by atoms with van der Waals surface area (Å²) in [5.74, 6) is 1.97. The highest BCUT2D eigenvalue weighted by atomic mass is 32.2. The van der Waals surface area contributed by atoms with E-state index in [-0.39, 0.29) is 5.91 Å². The van der Waals surface area contributed by atoms with Crippen molar-refractivity contribution in [3.63, 3.8) is 0 Å². The van der Waals surface area contributed by atoms with Crippen LogP contribution >= 0.6 is 11.8 Å². The molecule has 6 heteroatoms. The summed E-state index contributed by atoms with van der Waals surface area (Å²) < 4.78 is 11.0. The van der Waals surface area contributed by atoms with E-state index in [0.717, 1.165) is 37.4 Å². The first-order valence-electron chi connectivity index (χ1n) is 7.33. The van der Waals surface area contributed by atoms with Gasteiger partial charge in [0.2, 0.25) is 5.91 Å². The zero-order valence-corrected chi connectivity index (χ0v) is 12.7. The summed E-state index contributed by atoms with van der Waals surface area (Å²) in [6.45, 7) is 3.24. The number of hydrogen-bond donors (Lipinski definition) is 2. The van der Waals surface area contributed by atoms with Crippen molar-refractivity contribution < 1.29 is 14.3 Å². The summed E-state index contributed by atoms with van der Waals surface area (Å²) in [6.07, 6.45) is 2.28. The quantitative estimate of drug-likeness (QED) is 0.889. The van der Waals surface area contributed by atoms with Crippen molar-refractivity contribution in [1.29, 1.82) is 0 Å². The molecule has 3 rings (SSSR count). The molecule has 0 aliphatic carbocycles. The minimum Gasteiger partial charge on any atom is -0.486 e. The Morgan fingerprint density at radius 2 is 2.00 bits per heavy atom. The first-order chi connectivity index (χ1) is 10.3. The molecule has 1 aromatic rings. The lowest BCUT2D eigenvalue weighted by Crippen LogP contribution is -2.30. The number of thioether (sulfide) groups is 1. The topological polar surface area (TPSA) is 59.6 Å². The Morgan fingerprint density at radius 1 is 1.24 bits per heavy atom. The van der Waals surface area contributed by atoms with Crippen LogP contribution in [0.25, 0.3) is 0 Å². The highest BCUT2D eigenvalue weighted by Gasteiger charge is 2.16. The standard InChI is InChI=1S/C15H20N2O3S/c18-15(10-21-12-3-5-16-6-4-12)17-11-1-2-13-14(9-11)20-8-7-19-13/h1-2,9,12,16H,3-8,10H2,(H,17,18). The lowest BCUT2D eigenvalue weighted by Gasteiger charge is -2.22. The maximum Gasteiger partial charge on any atom is 0.234 e. The summed E-state index contributed by atoms with van der Waals surface area (Å²) in [5.41, 5.74) is 0.759. The molecule has 0 unspecified atom stereocenters. The van der Waals surface area contributed by atoms with Crippen molar-refractivity contribution in [2.24, 2.45) is 0 Å². The second-order valence-corrected chi connectivity index (χ2v) is 6.46. The lowest BCUT2D eigenvalue weighted by atomic mass is 10.2. The molecular weight excluding hydrogens is 288 g/mol. The second-order valence-electron chi connectivity index (χ2n) is 5.17. The van der Waals surface area contributed by atoms with Crippen LogP contribution < -0.4 is 20.1 Å². The number of fused-ring (bicyclic) bond motifs is 1. The highest BCUT2D eigenvalue weighted by molar-refractivity contribution is 8.00. The van der Waals surface area contributed by atoms with Gasteiger partial charge in [-0.15, -0.1) is 11.8 Å². The third kappa shape index (κ3) is 4.04. The molecule has 1 fully saturated rings. The van der Waals surface area contributed by atoms with E-state index in [1.54, 1.807) is 11.8 Å². The van der Waals surface area contributed by atoms with E-state index in [1.807, 2.05) is 18.2 Å². The number of ether oxygens (including phenoxy) is 2. The van der Waals surface area contributed by atoms with Crippen molar-refractivity contribution in [3.8, 4) is 11.5 Å². The zero-order valence-electron chi connectivity index (χ0n) is 11.9. The average Bonchev–Trinajstić information content (AvgIpc) is 2.54. The van der Waals surface area contributed by atoms with Crippen LogP contribution in [-0.4, -0.2) is 43.2 Å². The molecule has 1 saturated heterocycles. The third-order valence-electron chi connectivity index (χ3n) is 3.56. The van der Waals surface area contributed by atoms with Gasteiger partial charge in [0.1, 0.15) is 13.2 Å². The molecule has 0 spiro atoms. The largest absolute Gasteiger partial charge is 0.486 e. The molecule has 114 valence electrons. The molecule has 5 nitrogen and oxygen atoms in total. The minimum absolute atomic E-state index is 0.0372. The number of nitrogens with one attached hydrogen (secondary N) is 2. The molecule has 2 aliphatic rings. The molecule has 0 aromatic heterocycles. The number of carbonyl (C=O) groups excluding carboxylic acids is 1. The van der Waals surface area contributed by atoms with Crippen molar-refractivity contribution in [3.05, 3.63) is 18.2 Å². The Kier molecular flexibility index (Phi) is 4.87. The second kappa shape index (κ2) is 7.04. The van der Waals surface area contributed by atoms with Gasteiger partial charge < -0.3 is 20.1 Å². The number of carbonyl (C=O) groups is 1. The molecular formula is C15H20N2O3S. The maximum absolute atomic E-state index is 12.0. The van der Waals surface area contributed by atoms with Crippen LogP contribution in [-0.2, 0) is 4.79 Å². The third-order valence-corrected chi connectivity index (χ3v) is 4.93.